The Hall–Kier alpha value is -4.46. The molecule has 1 aliphatic heterocycles. The lowest BCUT2D eigenvalue weighted by Crippen LogP contribution is -2.30. The van der Waals surface area contributed by atoms with E-state index < -0.39 is 0 Å². The van der Waals surface area contributed by atoms with Crippen molar-refractivity contribution in [3.05, 3.63) is 77.9 Å². The number of fused-ring (bicyclic) bond motifs is 2. The first-order valence-electron chi connectivity index (χ1n) is 12.3. The van der Waals surface area contributed by atoms with E-state index in [9.17, 15) is 4.79 Å². The lowest BCUT2D eigenvalue weighted by atomic mass is 9.99. The molecule has 10 heteroatoms. The molecule has 9 nitrogen and oxygen atoms in total. The summed E-state index contributed by atoms with van der Waals surface area (Å²) in [6, 6.07) is 12.5. The number of hydrogen-bond acceptors (Lipinski definition) is 7. The molecule has 5 aromatic rings. The lowest BCUT2D eigenvalue weighted by Gasteiger charge is -2.23. The molecule has 0 bridgehead atoms. The minimum absolute atomic E-state index is 0.284. The fourth-order valence-electron chi connectivity index (χ4n) is 4.61. The van der Waals surface area contributed by atoms with E-state index in [1.54, 1.807) is 36.1 Å². The summed E-state index contributed by atoms with van der Waals surface area (Å²) >= 11 is 1.36. The molecule has 0 unspecified atom stereocenters. The standard InChI is InChI=1S/C28H24N6O3S/c1-29-23-15-21-22(16-26(23)36-17-18-4-8-30-9-5-18)31-10-6-25(21)37-20-2-3-24-19(14-20)7-12-34(24)28(35)33-27-32-11-13-38-27/h2-3,6-7,10-16,18,30H,4-5,8-9,17H2,(H,32,33,35). The van der Waals surface area contributed by atoms with Crippen molar-refractivity contribution >= 4 is 50.0 Å². The number of nitrogens with zero attached hydrogens (tertiary/aromatic N) is 4. The van der Waals surface area contributed by atoms with Crippen LogP contribution in [0.2, 0.25) is 0 Å². The summed E-state index contributed by atoms with van der Waals surface area (Å²) in [7, 11) is 0. The van der Waals surface area contributed by atoms with Gasteiger partial charge in [0.05, 0.1) is 24.2 Å². The van der Waals surface area contributed by atoms with Gasteiger partial charge in [-0.25, -0.2) is 14.6 Å². The van der Waals surface area contributed by atoms with E-state index in [0.717, 1.165) is 42.2 Å². The van der Waals surface area contributed by atoms with E-state index in [4.69, 9.17) is 16.0 Å². The monoisotopic (exact) mass is 524 g/mol. The predicted octanol–water partition coefficient (Wildman–Crippen LogP) is 6.45. The molecular weight excluding hydrogens is 500 g/mol. The Morgan fingerprint density at radius 1 is 1.13 bits per heavy atom. The number of rotatable bonds is 6. The van der Waals surface area contributed by atoms with Gasteiger partial charge in [0.15, 0.2) is 5.13 Å². The highest BCUT2D eigenvalue weighted by Gasteiger charge is 2.17. The van der Waals surface area contributed by atoms with Crippen LogP contribution in [0.3, 0.4) is 0 Å². The smallest absolute Gasteiger partial charge is 0.332 e. The second-order valence-electron chi connectivity index (χ2n) is 9.04. The molecule has 3 aromatic heterocycles. The number of hydrogen-bond donors (Lipinski definition) is 2. The van der Waals surface area contributed by atoms with Gasteiger partial charge in [-0.05, 0) is 74.3 Å². The van der Waals surface area contributed by atoms with Gasteiger partial charge < -0.3 is 14.8 Å². The molecule has 2 N–H and O–H groups in total. The highest BCUT2D eigenvalue weighted by Crippen LogP contribution is 2.38. The predicted molar refractivity (Wildman–Crippen MR) is 148 cm³/mol. The van der Waals surface area contributed by atoms with Crippen molar-refractivity contribution in [2.45, 2.75) is 12.8 Å². The number of anilines is 1. The minimum Gasteiger partial charge on any atom is -0.504 e. The maximum absolute atomic E-state index is 12.7. The highest BCUT2D eigenvalue weighted by atomic mass is 32.1. The van der Waals surface area contributed by atoms with Crippen molar-refractivity contribution in [3.63, 3.8) is 0 Å². The number of pyridine rings is 1. The molecule has 2 aromatic carbocycles. The van der Waals surface area contributed by atoms with Gasteiger partial charge in [0.1, 0.15) is 17.2 Å². The number of ether oxygens (including phenoxy) is 2. The van der Waals surface area contributed by atoms with Crippen LogP contribution in [0, 0.1) is 12.5 Å². The van der Waals surface area contributed by atoms with Crippen molar-refractivity contribution in [2.24, 2.45) is 5.92 Å². The SMILES string of the molecule is [C-]#[N+]c1cc2c(Oc3ccc4c(ccn4C(=O)Nc4nccs4)c3)ccnc2cc1OCC1CCNCC1. The number of thiazole rings is 1. The molecule has 0 radical (unpaired) electrons. The molecule has 0 atom stereocenters. The highest BCUT2D eigenvalue weighted by molar-refractivity contribution is 7.13. The zero-order chi connectivity index (χ0) is 25.9. The molecule has 1 aliphatic rings. The normalized spacial score (nSPS) is 13.9. The molecule has 0 aliphatic carbocycles. The first-order valence-corrected chi connectivity index (χ1v) is 13.2. The van der Waals surface area contributed by atoms with Crippen molar-refractivity contribution in [3.8, 4) is 17.2 Å². The van der Waals surface area contributed by atoms with E-state index in [2.05, 4.69) is 25.4 Å². The first-order chi connectivity index (χ1) is 18.7. The van der Waals surface area contributed by atoms with Crippen LogP contribution in [0.1, 0.15) is 12.8 Å². The topological polar surface area (TPSA) is 94.7 Å². The van der Waals surface area contributed by atoms with Crippen LogP contribution < -0.4 is 20.1 Å². The molecule has 4 heterocycles. The third-order valence-electron chi connectivity index (χ3n) is 6.59. The van der Waals surface area contributed by atoms with Crippen LogP contribution in [-0.2, 0) is 0 Å². The van der Waals surface area contributed by atoms with Crippen LogP contribution in [0.25, 0.3) is 26.7 Å². The Bertz CT molecular complexity index is 1650. The van der Waals surface area contributed by atoms with Crippen LogP contribution in [0.5, 0.6) is 17.2 Å². The van der Waals surface area contributed by atoms with Crippen molar-refractivity contribution in [1.82, 2.24) is 19.9 Å². The molecule has 1 amide bonds. The zero-order valence-corrected chi connectivity index (χ0v) is 21.2. The van der Waals surface area contributed by atoms with Crippen molar-refractivity contribution in [2.75, 3.05) is 25.0 Å². The van der Waals surface area contributed by atoms with Gasteiger partial charge in [-0.2, -0.15) is 0 Å². The van der Waals surface area contributed by atoms with Crippen LogP contribution in [-0.4, -0.2) is 40.3 Å². The third-order valence-corrected chi connectivity index (χ3v) is 7.28. The third kappa shape index (κ3) is 4.89. The van der Waals surface area contributed by atoms with Gasteiger partial charge in [0.25, 0.3) is 0 Å². The Morgan fingerprint density at radius 2 is 2.03 bits per heavy atom. The summed E-state index contributed by atoms with van der Waals surface area (Å²) < 4.78 is 13.9. The van der Waals surface area contributed by atoms with Gasteiger partial charge in [0.2, 0.25) is 5.69 Å². The summed E-state index contributed by atoms with van der Waals surface area (Å²) in [5.41, 5.74) is 1.88. The van der Waals surface area contributed by atoms with E-state index in [1.807, 2.05) is 30.3 Å². The zero-order valence-electron chi connectivity index (χ0n) is 20.4. The molecule has 0 saturated carbocycles. The number of benzene rings is 2. The maximum Gasteiger partial charge on any atom is 0.332 e. The Balaban J connectivity index is 1.24. The van der Waals surface area contributed by atoms with Crippen molar-refractivity contribution < 1.29 is 14.3 Å². The van der Waals surface area contributed by atoms with Crippen LogP contribution in [0.15, 0.2) is 66.4 Å². The van der Waals surface area contributed by atoms with Crippen molar-refractivity contribution in [1.29, 1.82) is 0 Å². The number of amides is 1. The molecular formula is C28H24N6O3S. The number of nitrogens with one attached hydrogen (secondary N) is 2. The molecule has 1 saturated heterocycles. The van der Waals surface area contributed by atoms with Crippen LogP contribution >= 0.6 is 11.3 Å². The first kappa shape index (κ1) is 23.9. The second-order valence-corrected chi connectivity index (χ2v) is 9.93. The Labute approximate surface area is 222 Å². The molecule has 0 spiro atoms. The Kier molecular flexibility index (Phi) is 6.60. The maximum atomic E-state index is 12.7. The van der Waals surface area contributed by atoms with Gasteiger partial charge in [0, 0.05) is 34.7 Å². The van der Waals surface area contributed by atoms with E-state index in [1.165, 1.54) is 15.9 Å². The second kappa shape index (κ2) is 10.5. The quantitative estimate of drug-likeness (QED) is 0.248. The van der Waals surface area contributed by atoms with E-state index in [-0.39, 0.29) is 6.03 Å². The summed E-state index contributed by atoms with van der Waals surface area (Å²) in [6.45, 7) is 10.3. The molecule has 38 heavy (non-hydrogen) atoms. The average Bonchev–Trinajstić information content (AvgIpc) is 3.62. The fourth-order valence-corrected chi connectivity index (χ4v) is 5.13. The number of carbonyl (C=O) groups excluding carboxylic acids is 1. The Morgan fingerprint density at radius 3 is 2.84 bits per heavy atom. The van der Waals surface area contributed by atoms with Gasteiger partial charge in [-0.3, -0.25) is 14.9 Å². The molecule has 190 valence electrons. The molecule has 6 rings (SSSR count). The lowest BCUT2D eigenvalue weighted by molar-refractivity contribution is 0.216. The summed E-state index contributed by atoms with van der Waals surface area (Å²) in [4.78, 5) is 25.0. The van der Waals surface area contributed by atoms with Gasteiger partial charge >= 0.3 is 6.03 Å². The number of aromatic nitrogens is 3. The van der Waals surface area contributed by atoms with E-state index in [0.29, 0.717) is 46.1 Å². The summed E-state index contributed by atoms with van der Waals surface area (Å²) in [5, 5.41) is 10.1. The van der Waals surface area contributed by atoms with Gasteiger partial charge in [-0.15, -0.1) is 11.3 Å². The largest absolute Gasteiger partial charge is 0.504 e. The molecule has 1 fully saturated rings. The minimum atomic E-state index is -0.284. The number of piperidine rings is 1. The summed E-state index contributed by atoms with van der Waals surface area (Å²) in [6.07, 6.45) is 7.18. The number of carbonyl (C=O) groups is 1. The van der Waals surface area contributed by atoms with Crippen LogP contribution in [0.4, 0.5) is 15.6 Å². The van der Waals surface area contributed by atoms with E-state index >= 15 is 0 Å². The summed E-state index contributed by atoms with van der Waals surface area (Å²) in [5.74, 6) is 2.23. The average molecular weight is 525 g/mol. The fraction of sp³-hybridized carbons (Fsp3) is 0.214. The van der Waals surface area contributed by atoms with Gasteiger partial charge in [-0.1, -0.05) is 0 Å².